The summed E-state index contributed by atoms with van der Waals surface area (Å²) in [4.78, 5) is 20.1. The number of nitrogens with one attached hydrogen (secondary N) is 1. The molecule has 0 spiro atoms. The second kappa shape index (κ2) is 6.04. The second-order valence-electron chi connectivity index (χ2n) is 6.95. The summed E-state index contributed by atoms with van der Waals surface area (Å²) < 4.78 is 1.07. The molecule has 2 bridgehead atoms. The molecule has 1 N–H and O–H groups in total. The summed E-state index contributed by atoms with van der Waals surface area (Å²) in [5, 5.41) is 4.42. The maximum absolute atomic E-state index is 12.7. The van der Waals surface area contributed by atoms with Gasteiger partial charge in [-0.25, -0.2) is 0 Å². The van der Waals surface area contributed by atoms with E-state index in [0.717, 1.165) is 15.0 Å². The highest BCUT2D eigenvalue weighted by molar-refractivity contribution is 7.20. The van der Waals surface area contributed by atoms with Crippen LogP contribution in [0.25, 0.3) is 10.1 Å². The number of hydrogen-bond donors (Lipinski definition) is 1. The normalized spacial score (nSPS) is 28.3. The van der Waals surface area contributed by atoms with Crippen molar-refractivity contribution in [3.63, 3.8) is 0 Å². The van der Waals surface area contributed by atoms with Crippen LogP contribution in [0.2, 0.25) is 0 Å². The lowest BCUT2D eigenvalue weighted by Crippen LogP contribution is -2.69. The highest BCUT2D eigenvalue weighted by atomic mass is 35.5. The van der Waals surface area contributed by atoms with Crippen LogP contribution in [0.3, 0.4) is 0 Å². The molecule has 1 amide bonds. The third-order valence-electron chi connectivity index (χ3n) is 5.42. The largest absolute Gasteiger partial charge is 0.346 e. The quantitative estimate of drug-likeness (QED) is 0.902. The number of nitrogens with zero attached hydrogens (tertiary/aromatic N) is 2. The van der Waals surface area contributed by atoms with Crippen molar-refractivity contribution in [2.75, 3.05) is 13.1 Å². The molecule has 0 saturated carbocycles. The molecule has 3 aliphatic heterocycles. The van der Waals surface area contributed by atoms with Gasteiger partial charge in [0.1, 0.15) is 0 Å². The van der Waals surface area contributed by atoms with Gasteiger partial charge in [-0.15, -0.1) is 23.7 Å². The molecule has 0 unspecified atom stereocenters. The predicted octanol–water partition coefficient (Wildman–Crippen LogP) is 3.32. The minimum Gasteiger partial charge on any atom is -0.346 e. The summed E-state index contributed by atoms with van der Waals surface area (Å²) in [6.45, 7) is 6.85. The van der Waals surface area contributed by atoms with Crippen molar-refractivity contribution >= 4 is 39.7 Å². The number of rotatable bonds is 2. The van der Waals surface area contributed by atoms with E-state index < -0.39 is 0 Å². The van der Waals surface area contributed by atoms with E-state index in [9.17, 15) is 4.79 Å². The van der Waals surface area contributed by atoms with Crippen LogP contribution in [0, 0.1) is 5.92 Å². The van der Waals surface area contributed by atoms with Crippen LogP contribution >= 0.6 is 23.7 Å². The smallest absolute Gasteiger partial charge is 0.261 e. The van der Waals surface area contributed by atoms with Gasteiger partial charge in [0.2, 0.25) is 0 Å². The SMILES string of the molecule is CC1(C)[C@H](NC(=O)c2cc3ccncc3s2)C2CCN1CC2.Cl. The number of hydrogen-bond acceptors (Lipinski definition) is 4. The second-order valence-corrected chi connectivity index (χ2v) is 8.04. The monoisotopic (exact) mass is 351 g/mol. The van der Waals surface area contributed by atoms with E-state index in [4.69, 9.17) is 0 Å². The topological polar surface area (TPSA) is 45.2 Å². The lowest BCUT2D eigenvalue weighted by molar-refractivity contribution is -0.0377. The van der Waals surface area contributed by atoms with Gasteiger partial charge in [-0.1, -0.05) is 0 Å². The zero-order valence-electron chi connectivity index (χ0n) is 13.4. The van der Waals surface area contributed by atoms with Crippen LogP contribution < -0.4 is 5.32 Å². The molecule has 3 aliphatic rings. The Hall–Kier alpha value is -1.17. The van der Waals surface area contributed by atoms with E-state index in [1.165, 1.54) is 37.3 Å². The first-order chi connectivity index (χ1) is 10.6. The van der Waals surface area contributed by atoms with E-state index in [2.05, 4.69) is 29.0 Å². The number of carbonyl (C=O) groups is 1. The number of carbonyl (C=O) groups excluding carboxylic acids is 1. The van der Waals surface area contributed by atoms with Crippen molar-refractivity contribution in [1.29, 1.82) is 0 Å². The van der Waals surface area contributed by atoms with E-state index >= 15 is 0 Å². The first kappa shape index (κ1) is 16.7. The lowest BCUT2D eigenvalue weighted by Gasteiger charge is -2.56. The fourth-order valence-corrected chi connectivity index (χ4v) is 5.02. The number of halogens is 1. The van der Waals surface area contributed by atoms with Crippen LogP contribution in [0.4, 0.5) is 0 Å². The predicted molar refractivity (Wildman–Crippen MR) is 96.5 cm³/mol. The molecular formula is C17H22ClN3OS. The van der Waals surface area contributed by atoms with E-state index in [1.807, 2.05) is 18.3 Å². The molecule has 4 nitrogen and oxygen atoms in total. The fourth-order valence-electron chi connectivity index (χ4n) is 4.09. The lowest BCUT2D eigenvalue weighted by atomic mass is 9.72. The summed E-state index contributed by atoms with van der Waals surface area (Å²) in [6.07, 6.45) is 6.00. The molecule has 0 radical (unpaired) electrons. The summed E-state index contributed by atoms with van der Waals surface area (Å²) in [5.41, 5.74) is 0.0507. The van der Waals surface area contributed by atoms with E-state index in [-0.39, 0.29) is 29.9 Å². The van der Waals surface area contributed by atoms with Crippen LogP contribution in [0.1, 0.15) is 36.4 Å². The van der Waals surface area contributed by atoms with Crippen molar-refractivity contribution < 1.29 is 4.79 Å². The Morgan fingerprint density at radius 2 is 2.13 bits per heavy atom. The molecule has 6 heteroatoms. The molecule has 2 aromatic heterocycles. The maximum Gasteiger partial charge on any atom is 0.261 e. The maximum atomic E-state index is 12.7. The van der Waals surface area contributed by atoms with Crippen molar-refractivity contribution in [3.8, 4) is 0 Å². The van der Waals surface area contributed by atoms with Gasteiger partial charge in [-0.2, -0.15) is 0 Å². The van der Waals surface area contributed by atoms with Crippen LogP contribution in [0.15, 0.2) is 24.5 Å². The number of amides is 1. The molecule has 3 saturated heterocycles. The Morgan fingerprint density at radius 1 is 1.39 bits per heavy atom. The molecule has 0 aliphatic carbocycles. The van der Waals surface area contributed by atoms with Gasteiger partial charge in [-0.05, 0) is 63.2 Å². The zero-order valence-corrected chi connectivity index (χ0v) is 15.0. The highest BCUT2D eigenvalue weighted by Gasteiger charge is 2.48. The first-order valence-corrected chi connectivity index (χ1v) is 8.77. The molecule has 0 aromatic carbocycles. The van der Waals surface area contributed by atoms with Gasteiger partial charge in [0, 0.05) is 24.0 Å². The Labute approximate surface area is 146 Å². The van der Waals surface area contributed by atoms with Crippen LogP contribution in [0.5, 0.6) is 0 Å². The highest BCUT2D eigenvalue weighted by Crippen LogP contribution is 2.39. The molecule has 5 heterocycles. The van der Waals surface area contributed by atoms with E-state index in [1.54, 1.807) is 6.20 Å². The van der Waals surface area contributed by atoms with Gasteiger partial charge < -0.3 is 5.32 Å². The zero-order chi connectivity index (χ0) is 15.3. The van der Waals surface area contributed by atoms with Crippen molar-refractivity contribution in [1.82, 2.24) is 15.2 Å². The minimum absolute atomic E-state index is 0. The summed E-state index contributed by atoms with van der Waals surface area (Å²) in [6, 6.07) is 4.18. The number of aromatic nitrogens is 1. The Balaban J connectivity index is 0.00000156. The Kier molecular flexibility index (Phi) is 4.38. The van der Waals surface area contributed by atoms with Gasteiger partial charge in [0.05, 0.1) is 9.58 Å². The Morgan fingerprint density at radius 3 is 2.78 bits per heavy atom. The van der Waals surface area contributed by atoms with Gasteiger partial charge >= 0.3 is 0 Å². The van der Waals surface area contributed by atoms with Crippen molar-refractivity contribution in [2.24, 2.45) is 5.92 Å². The molecular weight excluding hydrogens is 330 g/mol. The molecule has 3 fully saturated rings. The number of piperidine rings is 3. The van der Waals surface area contributed by atoms with Crippen LogP contribution in [-0.4, -0.2) is 40.5 Å². The summed E-state index contributed by atoms with van der Waals surface area (Å²) in [5.74, 6) is 0.674. The molecule has 124 valence electrons. The third kappa shape index (κ3) is 2.75. The average molecular weight is 352 g/mol. The molecule has 1 atom stereocenters. The average Bonchev–Trinajstić information content (AvgIpc) is 2.95. The van der Waals surface area contributed by atoms with Gasteiger partial charge in [-0.3, -0.25) is 14.7 Å². The number of pyridine rings is 1. The molecule has 23 heavy (non-hydrogen) atoms. The Bertz CT molecular complexity index is 688. The standard InChI is InChI=1S/C17H21N3OS.ClH/c1-17(2)15(11-4-7-20(17)8-5-11)19-16(21)13-9-12-3-6-18-10-14(12)22-13;/h3,6,9-11,15H,4-5,7-8H2,1-2H3,(H,19,21);1H/t15-;/m1./s1. The van der Waals surface area contributed by atoms with Gasteiger partial charge in [0.15, 0.2) is 0 Å². The fraction of sp³-hybridized carbons (Fsp3) is 0.529. The van der Waals surface area contributed by atoms with Crippen molar-refractivity contribution in [3.05, 3.63) is 29.4 Å². The third-order valence-corrected chi connectivity index (χ3v) is 6.50. The number of thiophene rings is 1. The number of fused-ring (bicyclic) bond motifs is 4. The van der Waals surface area contributed by atoms with Crippen molar-refractivity contribution in [2.45, 2.75) is 38.3 Å². The minimum atomic E-state index is 0. The summed E-state index contributed by atoms with van der Waals surface area (Å²) >= 11 is 1.53. The van der Waals surface area contributed by atoms with E-state index in [0.29, 0.717) is 5.92 Å². The van der Waals surface area contributed by atoms with Crippen LogP contribution in [-0.2, 0) is 0 Å². The summed E-state index contributed by atoms with van der Waals surface area (Å²) in [7, 11) is 0. The van der Waals surface area contributed by atoms with Gasteiger partial charge in [0.25, 0.3) is 5.91 Å². The molecule has 2 aromatic rings. The molecule has 5 rings (SSSR count). The first-order valence-electron chi connectivity index (χ1n) is 7.95.